The predicted octanol–water partition coefficient (Wildman–Crippen LogP) is 2.47. The molecule has 0 aliphatic rings. The lowest BCUT2D eigenvalue weighted by Crippen LogP contribution is -2.22. The molecule has 0 unspecified atom stereocenters. The molecule has 20 heavy (non-hydrogen) atoms. The number of nitrogens with zero attached hydrogens (tertiary/aromatic N) is 3. The summed E-state index contributed by atoms with van der Waals surface area (Å²) in [7, 11) is 1.92. The summed E-state index contributed by atoms with van der Waals surface area (Å²) in [6, 6.07) is 9.78. The van der Waals surface area contributed by atoms with Crippen molar-refractivity contribution in [1.82, 2.24) is 9.97 Å². The van der Waals surface area contributed by atoms with E-state index in [-0.39, 0.29) is 5.84 Å². The lowest BCUT2D eigenvalue weighted by atomic mass is 10.2. The number of amidine groups is 1. The fraction of sp³-hybridized carbons (Fsp3) is 0.214. The normalized spacial score (nSPS) is 10.3. The first-order chi connectivity index (χ1) is 9.45. The molecule has 104 valence electrons. The summed E-state index contributed by atoms with van der Waals surface area (Å²) in [5, 5.41) is 7.48. The maximum Gasteiger partial charge on any atom is 0.226 e. The second-order valence-electron chi connectivity index (χ2n) is 4.59. The number of halogens is 1. The number of benzene rings is 1. The zero-order valence-corrected chi connectivity index (χ0v) is 13.0. The molecule has 2 aromatic rings. The van der Waals surface area contributed by atoms with E-state index in [0.717, 1.165) is 15.7 Å². The first-order valence-corrected chi connectivity index (χ1v) is 6.90. The molecule has 0 saturated carbocycles. The molecular formula is C14H16BrN5. The number of aromatic nitrogens is 2. The predicted molar refractivity (Wildman–Crippen MR) is 84.0 cm³/mol. The van der Waals surface area contributed by atoms with Crippen molar-refractivity contribution in [3.8, 4) is 0 Å². The number of rotatable bonds is 4. The lowest BCUT2D eigenvalue weighted by molar-refractivity contribution is 0.856. The Morgan fingerprint density at radius 1 is 1.35 bits per heavy atom. The van der Waals surface area contributed by atoms with Crippen molar-refractivity contribution in [3.05, 3.63) is 51.8 Å². The molecule has 0 atom stereocenters. The molecule has 0 fully saturated rings. The minimum absolute atomic E-state index is 0.0485. The van der Waals surface area contributed by atoms with Gasteiger partial charge in [-0.05, 0) is 30.7 Å². The first-order valence-electron chi connectivity index (χ1n) is 6.11. The van der Waals surface area contributed by atoms with Gasteiger partial charge in [-0.15, -0.1) is 0 Å². The van der Waals surface area contributed by atoms with Crippen LogP contribution in [0.2, 0.25) is 0 Å². The fourth-order valence-electron chi connectivity index (χ4n) is 1.84. The minimum atomic E-state index is -0.0485. The van der Waals surface area contributed by atoms with Gasteiger partial charge >= 0.3 is 0 Å². The summed E-state index contributed by atoms with van der Waals surface area (Å²) in [5.74, 6) is 0.516. The number of anilines is 1. The van der Waals surface area contributed by atoms with Crippen LogP contribution in [0.3, 0.4) is 0 Å². The van der Waals surface area contributed by atoms with Gasteiger partial charge in [0.15, 0.2) is 0 Å². The second-order valence-corrected chi connectivity index (χ2v) is 5.51. The molecule has 1 aromatic carbocycles. The molecule has 0 aliphatic carbocycles. The molecule has 6 heteroatoms. The summed E-state index contributed by atoms with van der Waals surface area (Å²) in [6.07, 6.45) is 0. The van der Waals surface area contributed by atoms with Crippen molar-refractivity contribution in [2.24, 2.45) is 5.73 Å². The molecule has 2 rings (SSSR count). The Balaban J connectivity index is 2.25. The van der Waals surface area contributed by atoms with Gasteiger partial charge in [0.2, 0.25) is 5.95 Å². The molecule has 1 aromatic heterocycles. The monoisotopic (exact) mass is 333 g/mol. The van der Waals surface area contributed by atoms with Crippen LogP contribution in [0.5, 0.6) is 0 Å². The third-order valence-corrected chi connectivity index (χ3v) is 3.26. The van der Waals surface area contributed by atoms with Gasteiger partial charge in [0.05, 0.1) is 0 Å². The van der Waals surface area contributed by atoms with Crippen LogP contribution in [0.15, 0.2) is 34.8 Å². The van der Waals surface area contributed by atoms with E-state index in [1.54, 1.807) is 6.07 Å². The molecule has 0 amide bonds. The Kier molecular flexibility index (Phi) is 4.34. The van der Waals surface area contributed by atoms with Gasteiger partial charge in [0.25, 0.3) is 0 Å². The molecule has 0 saturated heterocycles. The van der Waals surface area contributed by atoms with Crippen LogP contribution in [-0.4, -0.2) is 22.9 Å². The molecule has 0 spiro atoms. The van der Waals surface area contributed by atoms with Gasteiger partial charge in [-0.25, -0.2) is 9.97 Å². The molecule has 0 radical (unpaired) electrons. The van der Waals surface area contributed by atoms with E-state index in [4.69, 9.17) is 11.1 Å². The van der Waals surface area contributed by atoms with Gasteiger partial charge < -0.3 is 10.6 Å². The summed E-state index contributed by atoms with van der Waals surface area (Å²) < 4.78 is 1.04. The number of nitrogens with one attached hydrogen (secondary N) is 1. The van der Waals surface area contributed by atoms with Gasteiger partial charge in [0, 0.05) is 23.8 Å². The van der Waals surface area contributed by atoms with E-state index in [2.05, 4.69) is 32.0 Å². The summed E-state index contributed by atoms with van der Waals surface area (Å²) in [5.41, 5.74) is 7.89. The Labute approximate surface area is 126 Å². The van der Waals surface area contributed by atoms with E-state index < -0.39 is 0 Å². The van der Waals surface area contributed by atoms with Crippen LogP contribution in [-0.2, 0) is 6.54 Å². The lowest BCUT2D eigenvalue weighted by Gasteiger charge is -2.18. The van der Waals surface area contributed by atoms with Crippen molar-refractivity contribution >= 4 is 27.7 Å². The SMILES string of the molecule is Cc1cc(C(=N)N)nc(N(C)Cc2cccc(Br)c2)n1. The Morgan fingerprint density at radius 3 is 2.75 bits per heavy atom. The number of nitrogens with two attached hydrogens (primary N) is 1. The van der Waals surface area contributed by atoms with Crippen molar-refractivity contribution in [2.45, 2.75) is 13.5 Å². The number of hydrogen-bond acceptors (Lipinski definition) is 4. The van der Waals surface area contributed by atoms with Crippen LogP contribution in [0.25, 0.3) is 0 Å². The number of aryl methyl sites for hydroxylation is 1. The number of hydrogen-bond donors (Lipinski definition) is 2. The van der Waals surface area contributed by atoms with Crippen molar-refractivity contribution < 1.29 is 0 Å². The standard InChI is InChI=1S/C14H16BrN5/c1-9-6-12(13(16)17)19-14(18-9)20(2)8-10-4-3-5-11(15)7-10/h3-7H,8H2,1-2H3,(H3,16,17). The molecule has 3 N–H and O–H groups in total. The zero-order valence-electron chi connectivity index (χ0n) is 11.4. The Bertz CT molecular complexity index is 641. The average molecular weight is 334 g/mol. The average Bonchev–Trinajstić information content (AvgIpc) is 2.37. The molecule has 0 aliphatic heterocycles. The van der Waals surface area contributed by atoms with E-state index in [9.17, 15) is 0 Å². The van der Waals surface area contributed by atoms with Crippen LogP contribution in [0.1, 0.15) is 17.0 Å². The Morgan fingerprint density at radius 2 is 2.10 bits per heavy atom. The highest BCUT2D eigenvalue weighted by atomic mass is 79.9. The summed E-state index contributed by atoms with van der Waals surface area (Å²) in [4.78, 5) is 10.6. The van der Waals surface area contributed by atoms with Gasteiger partial charge in [0.1, 0.15) is 11.5 Å². The maximum absolute atomic E-state index is 7.48. The highest BCUT2D eigenvalue weighted by Crippen LogP contribution is 2.16. The molecular weight excluding hydrogens is 318 g/mol. The zero-order chi connectivity index (χ0) is 14.7. The number of nitrogen functional groups attached to an aromatic ring is 1. The first kappa shape index (κ1) is 14.5. The Hall–Kier alpha value is -1.95. The van der Waals surface area contributed by atoms with E-state index in [0.29, 0.717) is 18.2 Å². The highest BCUT2D eigenvalue weighted by molar-refractivity contribution is 9.10. The van der Waals surface area contributed by atoms with E-state index in [1.165, 1.54) is 0 Å². The van der Waals surface area contributed by atoms with Crippen molar-refractivity contribution in [3.63, 3.8) is 0 Å². The van der Waals surface area contributed by atoms with Crippen LogP contribution >= 0.6 is 15.9 Å². The van der Waals surface area contributed by atoms with Gasteiger partial charge in [-0.1, -0.05) is 28.1 Å². The molecule has 1 heterocycles. The highest BCUT2D eigenvalue weighted by Gasteiger charge is 2.09. The molecule has 0 bridgehead atoms. The largest absolute Gasteiger partial charge is 0.382 e. The van der Waals surface area contributed by atoms with E-state index in [1.807, 2.05) is 37.1 Å². The quantitative estimate of drug-likeness (QED) is 0.665. The maximum atomic E-state index is 7.48. The van der Waals surface area contributed by atoms with Gasteiger partial charge in [-0.3, -0.25) is 5.41 Å². The van der Waals surface area contributed by atoms with E-state index >= 15 is 0 Å². The third-order valence-electron chi connectivity index (χ3n) is 2.77. The minimum Gasteiger partial charge on any atom is -0.382 e. The van der Waals surface area contributed by atoms with Crippen molar-refractivity contribution in [2.75, 3.05) is 11.9 Å². The van der Waals surface area contributed by atoms with Gasteiger partial charge in [-0.2, -0.15) is 0 Å². The smallest absolute Gasteiger partial charge is 0.226 e. The van der Waals surface area contributed by atoms with Crippen LogP contribution in [0, 0.1) is 12.3 Å². The van der Waals surface area contributed by atoms with Crippen molar-refractivity contribution in [1.29, 1.82) is 5.41 Å². The fourth-order valence-corrected chi connectivity index (χ4v) is 2.29. The van der Waals surface area contributed by atoms with Crippen LogP contribution < -0.4 is 10.6 Å². The second kappa shape index (κ2) is 6.00. The summed E-state index contributed by atoms with van der Waals surface area (Å²) in [6.45, 7) is 2.55. The third kappa shape index (κ3) is 3.54. The molecule has 5 nitrogen and oxygen atoms in total. The summed E-state index contributed by atoms with van der Waals surface area (Å²) >= 11 is 3.46. The van der Waals surface area contributed by atoms with Crippen LogP contribution in [0.4, 0.5) is 5.95 Å². The topological polar surface area (TPSA) is 78.9 Å².